The molecule has 1 N–H and O–H groups in total. The molecule has 7 heteroatoms. The summed E-state index contributed by atoms with van der Waals surface area (Å²) in [6, 6.07) is 14.4. The highest BCUT2D eigenvalue weighted by Gasteiger charge is 2.35. The molecule has 166 valence electrons. The minimum absolute atomic E-state index is 0.0341. The topological polar surface area (TPSA) is 58.8 Å². The lowest BCUT2D eigenvalue weighted by molar-refractivity contribution is 0.0696. The Bertz CT molecular complexity index is 1420. The lowest BCUT2D eigenvalue weighted by atomic mass is 10.0. The molecule has 2 heterocycles. The number of aromatic carboxylic acids is 1. The van der Waals surface area contributed by atoms with Crippen molar-refractivity contribution in [3.63, 3.8) is 0 Å². The van der Waals surface area contributed by atoms with Crippen LogP contribution in [0.5, 0.6) is 0 Å². The van der Waals surface area contributed by atoms with Crippen molar-refractivity contribution >= 4 is 40.5 Å². The fraction of sp³-hybridized carbons (Fsp3) is 0.154. The molecule has 5 rings (SSSR count). The Balaban J connectivity index is 1.76. The Morgan fingerprint density at radius 3 is 2.27 bits per heavy atom. The molecule has 4 nitrogen and oxygen atoms in total. The number of hydrogen-bond acceptors (Lipinski definition) is 2. The van der Waals surface area contributed by atoms with E-state index >= 15 is 4.39 Å². The van der Waals surface area contributed by atoms with Crippen LogP contribution in [0.1, 0.15) is 51.2 Å². The van der Waals surface area contributed by atoms with Crippen LogP contribution in [-0.4, -0.2) is 21.3 Å². The molecule has 0 saturated heterocycles. The Hall–Kier alpha value is -3.15. The SMILES string of the molecule is CC1C[C@H]1c1ccn2c(C(=O)c3c(Cl)cccc3Cl)c(F)c(-c3ccc(C(=O)O)cc3)c2c1. The number of aromatic nitrogens is 1. The number of nitrogens with zero attached hydrogens (tertiary/aromatic N) is 1. The number of hydrogen-bond donors (Lipinski definition) is 1. The number of halogens is 3. The maximum Gasteiger partial charge on any atom is 0.335 e. The lowest BCUT2D eigenvalue weighted by Gasteiger charge is -2.08. The van der Waals surface area contributed by atoms with Gasteiger partial charge in [-0.15, -0.1) is 0 Å². The van der Waals surface area contributed by atoms with Crippen molar-refractivity contribution in [2.24, 2.45) is 5.92 Å². The number of benzene rings is 2. The molecule has 1 aliphatic carbocycles. The molecular formula is C26H18Cl2FNO3. The summed E-state index contributed by atoms with van der Waals surface area (Å²) < 4.78 is 17.5. The summed E-state index contributed by atoms with van der Waals surface area (Å²) in [6.07, 6.45) is 2.76. The van der Waals surface area contributed by atoms with E-state index in [9.17, 15) is 14.7 Å². The third-order valence-electron chi connectivity index (χ3n) is 6.27. The van der Waals surface area contributed by atoms with Gasteiger partial charge in [-0.1, -0.05) is 48.3 Å². The fourth-order valence-corrected chi connectivity index (χ4v) is 4.92. The molecule has 2 atom stereocenters. The van der Waals surface area contributed by atoms with Crippen molar-refractivity contribution in [3.8, 4) is 11.1 Å². The van der Waals surface area contributed by atoms with E-state index in [4.69, 9.17) is 23.2 Å². The van der Waals surface area contributed by atoms with Crippen molar-refractivity contribution < 1.29 is 19.1 Å². The van der Waals surface area contributed by atoms with Crippen molar-refractivity contribution in [1.29, 1.82) is 0 Å². The maximum absolute atomic E-state index is 16.0. The third kappa shape index (κ3) is 3.62. The van der Waals surface area contributed by atoms with Crippen LogP contribution in [0.3, 0.4) is 0 Å². The number of ketones is 1. The van der Waals surface area contributed by atoms with Crippen LogP contribution >= 0.6 is 23.2 Å². The van der Waals surface area contributed by atoms with Gasteiger partial charge < -0.3 is 9.51 Å². The molecule has 0 amide bonds. The molecule has 1 unspecified atom stereocenters. The second kappa shape index (κ2) is 8.01. The molecular weight excluding hydrogens is 464 g/mol. The zero-order valence-corrected chi connectivity index (χ0v) is 19.0. The molecule has 4 aromatic rings. The molecule has 0 bridgehead atoms. The fourth-order valence-electron chi connectivity index (χ4n) is 4.35. The van der Waals surface area contributed by atoms with E-state index in [0.29, 0.717) is 22.9 Å². The molecule has 0 spiro atoms. The number of rotatable bonds is 5. The first kappa shape index (κ1) is 21.7. The average Bonchev–Trinajstić information content (AvgIpc) is 3.44. The van der Waals surface area contributed by atoms with Gasteiger partial charge in [-0.2, -0.15) is 0 Å². The van der Waals surface area contributed by atoms with E-state index in [-0.39, 0.29) is 32.4 Å². The number of carboxylic acids is 1. The summed E-state index contributed by atoms with van der Waals surface area (Å²) in [4.78, 5) is 24.7. The quantitative estimate of drug-likeness (QED) is 0.309. The smallest absolute Gasteiger partial charge is 0.335 e. The van der Waals surface area contributed by atoms with Crippen LogP contribution in [0.15, 0.2) is 60.8 Å². The Morgan fingerprint density at radius 2 is 1.70 bits per heavy atom. The monoisotopic (exact) mass is 481 g/mol. The van der Waals surface area contributed by atoms with Gasteiger partial charge in [-0.05, 0) is 65.8 Å². The van der Waals surface area contributed by atoms with Gasteiger partial charge >= 0.3 is 5.97 Å². The Labute approximate surface area is 199 Å². The number of fused-ring (bicyclic) bond motifs is 1. The molecule has 2 aromatic heterocycles. The summed E-state index contributed by atoms with van der Waals surface area (Å²) in [5.74, 6) is -1.46. The summed E-state index contributed by atoms with van der Waals surface area (Å²) in [6.45, 7) is 2.16. The molecule has 0 radical (unpaired) electrons. The van der Waals surface area contributed by atoms with Gasteiger partial charge in [0, 0.05) is 11.8 Å². The average molecular weight is 482 g/mol. The van der Waals surface area contributed by atoms with Gasteiger partial charge in [0.15, 0.2) is 5.82 Å². The van der Waals surface area contributed by atoms with E-state index in [2.05, 4.69) is 6.92 Å². The van der Waals surface area contributed by atoms with Crippen LogP contribution < -0.4 is 0 Å². The molecule has 1 saturated carbocycles. The summed E-state index contributed by atoms with van der Waals surface area (Å²) in [5.41, 5.74) is 2.26. The van der Waals surface area contributed by atoms with Crippen LogP contribution in [0, 0.1) is 11.7 Å². The highest BCUT2D eigenvalue weighted by Crippen LogP contribution is 2.48. The molecule has 33 heavy (non-hydrogen) atoms. The summed E-state index contributed by atoms with van der Waals surface area (Å²) in [7, 11) is 0. The van der Waals surface area contributed by atoms with Crippen molar-refractivity contribution in [2.45, 2.75) is 19.3 Å². The number of carboxylic acid groups (broad SMARTS) is 1. The zero-order chi connectivity index (χ0) is 23.4. The predicted molar refractivity (Wildman–Crippen MR) is 126 cm³/mol. The standard InChI is InChI=1S/C26H18Cl2FNO3/c1-13-11-17(13)16-9-10-30-20(12-16)21(14-5-7-15(8-6-14)26(32)33)23(29)24(30)25(31)22-18(27)3-2-4-19(22)28/h2-10,12-13,17H,11H2,1H3,(H,32,33)/t13?,17-/m1/s1. The highest BCUT2D eigenvalue weighted by molar-refractivity contribution is 6.41. The normalized spacial score (nSPS) is 17.3. The van der Waals surface area contributed by atoms with Gasteiger partial charge in [-0.3, -0.25) is 4.79 Å². The van der Waals surface area contributed by atoms with Crippen LogP contribution in [0.4, 0.5) is 4.39 Å². The Morgan fingerprint density at radius 1 is 1.06 bits per heavy atom. The van der Waals surface area contributed by atoms with E-state index in [1.807, 2.05) is 12.1 Å². The number of carbonyl (C=O) groups is 2. The Kier molecular flexibility index (Phi) is 5.26. The van der Waals surface area contributed by atoms with Crippen LogP contribution in [0.25, 0.3) is 16.6 Å². The number of carbonyl (C=O) groups excluding carboxylic acids is 1. The first-order chi connectivity index (χ1) is 15.8. The van der Waals surface area contributed by atoms with Gasteiger partial charge in [-0.25, -0.2) is 9.18 Å². The minimum Gasteiger partial charge on any atom is -0.478 e. The van der Waals surface area contributed by atoms with Crippen LogP contribution in [0.2, 0.25) is 10.0 Å². The molecule has 2 aromatic carbocycles. The zero-order valence-electron chi connectivity index (χ0n) is 17.5. The van der Waals surface area contributed by atoms with Crippen LogP contribution in [-0.2, 0) is 0 Å². The van der Waals surface area contributed by atoms with E-state index in [1.165, 1.54) is 28.7 Å². The van der Waals surface area contributed by atoms with Gasteiger partial charge in [0.2, 0.25) is 5.78 Å². The van der Waals surface area contributed by atoms with Gasteiger partial charge in [0.25, 0.3) is 0 Å². The molecule has 0 aliphatic heterocycles. The largest absolute Gasteiger partial charge is 0.478 e. The lowest BCUT2D eigenvalue weighted by Crippen LogP contribution is -2.09. The van der Waals surface area contributed by atoms with Crippen molar-refractivity contribution in [3.05, 3.63) is 99.0 Å². The summed E-state index contributed by atoms with van der Waals surface area (Å²) in [5, 5.41) is 9.48. The minimum atomic E-state index is -1.07. The molecule has 1 fully saturated rings. The highest BCUT2D eigenvalue weighted by atomic mass is 35.5. The van der Waals surface area contributed by atoms with E-state index in [0.717, 1.165) is 12.0 Å². The van der Waals surface area contributed by atoms with Crippen molar-refractivity contribution in [1.82, 2.24) is 4.40 Å². The van der Waals surface area contributed by atoms with Gasteiger partial charge in [0.05, 0.1) is 26.7 Å². The second-order valence-corrected chi connectivity index (χ2v) is 9.20. The number of pyridine rings is 1. The van der Waals surface area contributed by atoms with E-state index in [1.54, 1.807) is 24.4 Å². The third-order valence-corrected chi connectivity index (χ3v) is 6.90. The first-order valence-corrected chi connectivity index (χ1v) is 11.2. The maximum atomic E-state index is 16.0. The second-order valence-electron chi connectivity index (χ2n) is 8.38. The van der Waals surface area contributed by atoms with Gasteiger partial charge in [0.1, 0.15) is 5.69 Å². The first-order valence-electron chi connectivity index (χ1n) is 10.4. The van der Waals surface area contributed by atoms with Crippen molar-refractivity contribution in [2.75, 3.05) is 0 Å². The van der Waals surface area contributed by atoms with E-state index < -0.39 is 17.6 Å². The predicted octanol–water partition coefficient (Wildman–Crippen LogP) is 7.10. The molecule has 1 aliphatic rings. The summed E-state index contributed by atoms with van der Waals surface area (Å²) >= 11 is 12.5.